The molecule has 0 aliphatic carbocycles. The van der Waals surface area contributed by atoms with Crippen LogP contribution in [0, 0.1) is 27.7 Å². The van der Waals surface area contributed by atoms with Crippen molar-refractivity contribution in [2.24, 2.45) is 0 Å². The molecule has 10 nitrogen and oxygen atoms in total. The predicted octanol–water partition coefficient (Wildman–Crippen LogP) is 8.69. The number of pyridine rings is 2. The van der Waals surface area contributed by atoms with Gasteiger partial charge in [0.15, 0.2) is 10.3 Å². The first kappa shape index (κ1) is 34.4. The number of imidazole rings is 2. The van der Waals surface area contributed by atoms with Crippen molar-refractivity contribution in [3.8, 4) is 23.0 Å². The molecule has 0 aliphatic rings. The first-order valence-electron chi connectivity index (χ1n) is 16.3. The zero-order valence-corrected chi connectivity index (χ0v) is 30.4. The second-order valence-corrected chi connectivity index (χ2v) is 13.8. The molecule has 4 heterocycles. The monoisotopic (exact) mass is 698 g/mol. The summed E-state index contributed by atoms with van der Waals surface area (Å²) in [6.45, 7) is 9.40. The van der Waals surface area contributed by atoms with E-state index in [-0.39, 0.29) is 0 Å². The van der Waals surface area contributed by atoms with Gasteiger partial charge in [0.05, 0.1) is 60.9 Å². The lowest BCUT2D eigenvalue weighted by Crippen LogP contribution is -2.01. The minimum atomic E-state index is 0.645. The molecule has 0 atom stereocenters. The molecule has 0 saturated heterocycles. The molecular formula is C37H42N6O4S2. The Hall–Kier alpha value is -4.42. The van der Waals surface area contributed by atoms with Crippen LogP contribution in [0.4, 0.5) is 0 Å². The highest BCUT2D eigenvalue weighted by molar-refractivity contribution is 7.98. The van der Waals surface area contributed by atoms with Gasteiger partial charge in [-0.3, -0.25) is 9.97 Å². The molecule has 0 spiro atoms. The SMILES string of the molecule is COc1c(C)cnc(CSc2nc3ccc(OCCCCCOc4ccc5nc(SCc6ncc(C)c(OC)c6C)[nH]c5c4)cc3[nH]2)c1C. The van der Waals surface area contributed by atoms with E-state index < -0.39 is 0 Å². The number of aromatic nitrogens is 6. The quantitative estimate of drug-likeness (QED) is 0.0750. The number of methoxy groups -OCH3 is 2. The Bertz CT molecular complexity index is 1920. The van der Waals surface area contributed by atoms with Crippen LogP contribution >= 0.6 is 23.5 Å². The van der Waals surface area contributed by atoms with E-state index in [0.717, 1.165) is 108 Å². The third-order valence-electron chi connectivity index (χ3n) is 8.38. The molecule has 12 heteroatoms. The van der Waals surface area contributed by atoms with E-state index in [1.54, 1.807) is 37.7 Å². The number of nitrogens with zero attached hydrogens (tertiary/aromatic N) is 4. The van der Waals surface area contributed by atoms with Gasteiger partial charge in [0.1, 0.15) is 23.0 Å². The van der Waals surface area contributed by atoms with Gasteiger partial charge < -0.3 is 28.9 Å². The van der Waals surface area contributed by atoms with Crippen molar-refractivity contribution in [2.45, 2.75) is 68.8 Å². The highest BCUT2D eigenvalue weighted by Crippen LogP contribution is 2.31. The fourth-order valence-corrected chi connectivity index (χ4v) is 7.53. The Morgan fingerprint density at radius 2 is 1.06 bits per heavy atom. The molecule has 4 aromatic heterocycles. The number of H-pyrrole nitrogens is 2. The lowest BCUT2D eigenvalue weighted by Gasteiger charge is -2.11. The Morgan fingerprint density at radius 1 is 0.612 bits per heavy atom. The summed E-state index contributed by atoms with van der Waals surface area (Å²) >= 11 is 3.25. The van der Waals surface area contributed by atoms with Crippen LogP contribution in [0.3, 0.4) is 0 Å². The average Bonchev–Trinajstić information content (AvgIpc) is 3.70. The molecule has 6 rings (SSSR count). The molecule has 0 saturated carbocycles. The van der Waals surface area contributed by atoms with Crippen molar-refractivity contribution >= 4 is 45.6 Å². The molecule has 0 unspecified atom stereocenters. The smallest absolute Gasteiger partial charge is 0.166 e. The number of hydrogen-bond donors (Lipinski definition) is 2. The van der Waals surface area contributed by atoms with E-state index in [0.29, 0.717) is 24.7 Å². The third-order valence-corrected chi connectivity index (χ3v) is 10.1. The highest BCUT2D eigenvalue weighted by atomic mass is 32.2. The molecule has 256 valence electrons. The van der Waals surface area contributed by atoms with Crippen LogP contribution < -0.4 is 18.9 Å². The number of benzene rings is 2. The first-order valence-corrected chi connectivity index (χ1v) is 18.3. The molecular weight excluding hydrogens is 657 g/mol. The molecule has 0 aliphatic heterocycles. The van der Waals surface area contributed by atoms with Gasteiger partial charge in [-0.25, -0.2) is 9.97 Å². The van der Waals surface area contributed by atoms with E-state index in [1.165, 1.54) is 0 Å². The molecule has 49 heavy (non-hydrogen) atoms. The summed E-state index contributed by atoms with van der Waals surface area (Å²) in [5.41, 5.74) is 9.94. The Kier molecular flexibility index (Phi) is 11.1. The van der Waals surface area contributed by atoms with Crippen molar-refractivity contribution in [1.82, 2.24) is 29.9 Å². The fourth-order valence-electron chi connectivity index (χ4n) is 5.71. The molecule has 2 N–H and O–H groups in total. The van der Waals surface area contributed by atoms with Gasteiger partial charge in [-0.2, -0.15) is 0 Å². The maximum absolute atomic E-state index is 6.05. The van der Waals surface area contributed by atoms with Gasteiger partial charge >= 0.3 is 0 Å². The van der Waals surface area contributed by atoms with E-state index >= 15 is 0 Å². The summed E-state index contributed by atoms with van der Waals surface area (Å²) in [4.78, 5) is 25.5. The molecule has 2 aromatic carbocycles. The fraction of sp³-hybridized carbons (Fsp3) is 0.351. The highest BCUT2D eigenvalue weighted by Gasteiger charge is 2.13. The lowest BCUT2D eigenvalue weighted by atomic mass is 10.1. The first-order chi connectivity index (χ1) is 23.8. The maximum Gasteiger partial charge on any atom is 0.166 e. The minimum Gasteiger partial charge on any atom is -0.496 e. The summed E-state index contributed by atoms with van der Waals surface area (Å²) in [7, 11) is 3.40. The van der Waals surface area contributed by atoms with Gasteiger partial charge in [0.2, 0.25) is 0 Å². The number of unbranched alkanes of at least 4 members (excludes halogenated alkanes) is 2. The number of aromatic amines is 2. The van der Waals surface area contributed by atoms with Crippen LogP contribution in [-0.4, -0.2) is 57.3 Å². The standard InChI is InChI=1S/C37H42N6O4S2/c1-22-18-38-32(24(3)34(22)44-5)20-48-36-40-28-12-10-26(16-30(28)42-36)46-14-8-7-9-15-47-27-11-13-29-31(17-27)43-37(41-29)49-21-33-25(4)35(45-6)23(2)19-39-33/h10-13,16-19H,7-9,14-15,20-21H2,1-6H3,(H,40,42)(H,41,43). The van der Waals surface area contributed by atoms with Crippen molar-refractivity contribution in [2.75, 3.05) is 27.4 Å². The van der Waals surface area contributed by atoms with Crippen molar-refractivity contribution < 1.29 is 18.9 Å². The Labute approximate surface area is 295 Å². The summed E-state index contributed by atoms with van der Waals surface area (Å²) in [6, 6.07) is 12.0. The van der Waals surface area contributed by atoms with E-state index in [9.17, 15) is 0 Å². The van der Waals surface area contributed by atoms with Gasteiger partial charge in [-0.1, -0.05) is 23.5 Å². The van der Waals surface area contributed by atoms with Gasteiger partial charge in [0, 0.05) is 58.3 Å². The summed E-state index contributed by atoms with van der Waals surface area (Å²) in [5.74, 6) is 4.87. The number of ether oxygens (including phenoxy) is 4. The normalized spacial score (nSPS) is 11.4. The van der Waals surface area contributed by atoms with Crippen LogP contribution in [0.15, 0.2) is 59.1 Å². The molecule has 0 amide bonds. The summed E-state index contributed by atoms with van der Waals surface area (Å²) in [6.07, 6.45) is 6.62. The second kappa shape index (κ2) is 15.9. The predicted molar refractivity (Wildman–Crippen MR) is 197 cm³/mol. The van der Waals surface area contributed by atoms with Crippen LogP contribution in [0.2, 0.25) is 0 Å². The topological polar surface area (TPSA) is 120 Å². The zero-order valence-electron chi connectivity index (χ0n) is 28.8. The zero-order chi connectivity index (χ0) is 34.3. The summed E-state index contributed by atoms with van der Waals surface area (Å²) < 4.78 is 23.2. The van der Waals surface area contributed by atoms with Gasteiger partial charge in [0.25, 0.3) is 0 Å². The van der Waals surface area contributed by atoms with E-state index in [1.807, 2.05) is 76.5 Å². The lowest BCUT2D eigenvalue weighted by molar-refractivity contribution is 0.280. The van der Waals surface area contributed by atoms with Crippen molar-refractivity contribution in [3.05, 3.63) is 82.4 Å². The number of aryl methyl sites for hydroxylation is 2. The number of thioether (sulfide) groups is 2. The molecule has 0 fully saturated rings. The second-order valence-electron chi connectivity index (χ2n) is 11.9. The number of hydrogen-bond acceptors (Lipinski definition) is 10. The van der Waals surface area contributed by atoms with Crippen LogP contribution in [0.5, 0.6) is 23.0 Å². The van der Waals surface area contributed by atoms with Crippen LogP contribution in [-0.2, 0) is 11.5 Å². The average molecular weight is 699 g/mol. The van der Waals surface area contributed by atoms with Crippen LogP contribution in [0.1, 0.15) is 52.9 Å². The largest absolute Gasteiger partial charge is 0.496 e. The Balaban J connectivity index is 0.914. The van der Waals surface area contributed by atoms with E-state index in [2.05, 4.69) is 19.9 Å². The third kappa shape index (κ3) is 8.25. The van der Waals surface area contributed by atoms with Gasteiger partial charge in [-0.05, 0) is 71.2 Å². The summed E-state index contributed by atoms with van der Waals surface area (Å²) in [5, 5.41) is 1.71. The van der Waals surface area contributed by atoms with Gasteiger partial charge in [-0.15, -0.1) is 0 Å². The van der Waals surface area contributed by atoms with Crippen molar-refractivity contribution in [3.63, 3.8) is 0 Å². The molecule has 0 bridgehead atoms. The number of rotatable bonds is 16. The maximum atomic E-state index is 6.05. The number of fused-ring (bicyclic) bond motifs is 2. The number of nitrogens with one attached hydrogen (secondary N) is 2. The Morgan fingerprint density at radius 3 is 1.49 bits per heavy atom. The minimum absolute atomic E-state index is 0.645. The van der Waals surface area contributed by atoms with Crippen LogP contribution in [0.25, 0.3) is 22.1 Å². The molecule has 6 aromatic rings. The molecule has 0 radical (unpaired) electrons. The van der Waals surface area contributed by atoms with E-state index in [4.69, 9.17) is 28.9 Å². The van der Waals surface area contributed by atoms with Crippen molar-refractivity contribution in [1.29, 1.82) is 0 Å².